The molecule has 5 rings (SSSR count). The number of benzene rings is 2. The molecule has 0 aliphatic carbocycles. The lowest BCUT2D eigenvalue weighted by molar-refractivity contribution is 0.107. The Hall–Kier alpha value is -2.20. The van der Waals surface area contributed by atoms with E-state index < -0.39 is 22.5 Å². The second-order valence-electron chi connectivity index (χ2n) is 8.46. The zero-order chi connectivity index (χ0) is 23.3. The molecule has 3 heterocycles. The summed E-state index contributed by atoms with van der Waals surface area (Å²) in [5.74, 6) is -0.166. The average Bonchev–Trinajstić information content (AvgIpc) is 2.94. The molecule has 0 bridgehead atoms. The monoisotopic (exact) mass is 494 g/mol. The van der Waals surface area contributed by atoms with Crippen molar-refractivity contribution in [3.8, 4) is 0 Å². The minimum absolute atomic E-state index is 0.139. The maximum absolute atomic E-state index is 15.0. The van der Waals surface area contributed by atoms with Gasteiger partial charge in [-0.25, -0.2) is 13.6 Å². The predicted molar refractivity (Wildman–Crippen MR) is 128 cm³/mol. The molecule has 2 aromatic carbocycles. The minimum Gasteiger partial charge on any atom is -0.379 e. The number of methoxy groups -OCH3 is 1. The molecule has 0 spiro atoms. The molecular formula is C23H25ClF2N4O2S. The number of halogens is 3. The minimum atomic E-state index is -1.32. The molecule has 3 aromatic rings. The van der Waals surface area contributed by atoms with E-state index in [4.69, 9.17) is 16.3 Å². The molecule has 1 N–H and O–H groups in total. The van der Waals surface area contributed by atoms with Gasteiger partial charge in [0.2, 0.25) is 0 Å². The summed E-state index contributed by atoms with van der Waals surface area (Å²) in [6.45, 7) is 4.64. The number of aromatic nitrogens is 2. The smallest absolute Gasteiger partial charge is 0.350 e. The van der Waals surface area contributed by atoms with Crippen molar-refractivity contribution in [3.63, 3.8) is 0 Å². The lowest BCUT2D eigenvalue weighted by atomic mass is 10.1. The van der Waals surface area contributed by atoms with Gasteiger partial charge in [0, 0.05) is 64.8 Å². The van der Waals surface area contributed by atoms with Crippen LogP contribution in [0.3, 0.4) is 0 Å². The van der Waals surface area contributed by atoms with Crippen molar-refractivity contribution in [2.75, 3.05) is 37.4 Å². The molecule has 6 nitrogen and oxygen atoms in total. The van der Waals surface area contributed by atoms with E-state index in [1.54, 1.807) is 17.7 Å². The molecule has 2 aliphatic heterocycles. The molecule has 2 unspecified atom stereocenters. The summed E-state index contributed by atoms with van der Waals surface area (Å²) in [5.41, 5.74) is 0.333. The second kappa shape index (κ2) is 8.87. The third-order valence-electron chi connectivity index (χ3n) is 6.37. The van der Waals surface area contributed by atoms with Crippen LogP contribution in [0.1, 0.15) is 6.92 Å². The molecule has 33 heavy (non-hydrogen) atoms. The van der Waals surface area contributed by atoms with Gasteiger partial charge in [0.25, 0.3) is 0 Å². The zero-order valence-electron chi connectivity index (χ0n) is 18.3. The number of anilines is 1. The molecule has 1 saturated heterocycles. The van der Waals surface area contributed by atoms with E-state index >= 15 is 0 Å². The number of nitrogens with zero attached hydrogens (tertiary/aromatic N) is 3. The van der Waals surface area contributed by atoms with Crippen molar-refractivity contribution in [1.82, 2.24) is 14.9 Å². The molecule has 176 valence electrons. The first-order valence-electron chi connectivity index (χ1n) is 10.8. The van der Waals surface area contributed by atoms with Crippen molar-refractivity contribution in [1.29, 1.82) is 0 Å². The third-order valence-corrected chi connectivity index (χ3v) is 9.23. The van der Waals surface area contributed by atoms with Gasteiger partial charge in [0.05, 0.1) is 18.2 Å². The van der Waals surface area contributed by atoms with Gasteiger partial charge in [-0.15, -0.1) is 0 Å². The van der Waals surface area contributed by atoms with Crippen LogP contribution < -0.4 is 15.9 Å². The zero-order valence-corrected chi connectivity index (χ0v) is 20.0. The quantitative estimate of drug-likeness (QED) is 0.545. The van der Waals surface area contributed by atoms with Crippen LogP contribution >= 0.6 is 22.5 Å². The van der Waals surface area contributed by atoms with Gasteiger partial charge in [-0.05, 0) is 31.2 Å². The number of thiol groups is 1. The Labute approximate surface area is 197 Å². The Morgan fingerprint density at radius 3 is 2.79 bits per heavy atom. The van der Waals surface area contributed by atoms with E-state index in [2.05, 4.69) is 22.1 Å². The number of rotatable bonds is 3. The van der Waals surface area contributed by atoms with Gasteiger partial charge in [-0.3, -0.25) is 4.57 Å². The highest BCUT2D eigenvalue weighted by atomic mass is 35.5. The van der Waals surface area contributed by atoms with Gasteiger partial charge in [0.15, 0.2) is 0 Å². The van der Waals surface area contributed by atoms with Crippen molar-refractivity contribution in [2.24, 2.45) is 0 Å². The summed E-state index contributed by atoms with van der Waals surface area (Å²) < 4.78 is 35.9. The normalized spacial score (nSPS) is 24.2. The molecular weight excluding hydrogens is 470 g/mol. The van der Waals surface area contributed by atoms with Crippen LogP contribution in [0.15, 0.2) is 44.9 Å². The fraction of sp³-hybridized carbons (Fsp3) is 0.391. The molecule has 3 atom stereocenters. The standard InChI is InChI=1S/C23H25ClF2N4O2S/c1-13-10-27-5-6-29(13)22-17-7-14(24)8-20-21(17)30(23(31)28-22)11-16(32-2)12-33(20)19-4-3-15(25)9-18(19)26/h3-4,7-9,13,16,27,33H,5-6,10-12H2,1-2H3/t13-,16?/m0/s1. The molecule has 0 radical (unpaired) electrons. The number of hydrogen-bond donors (Lipinski definition) is 2. The second-order valence-corrected chi connectivity index (χ2v) is 11.1. The van der Waals surface area contributed by atoms with Crippen molar-refractivity contribution in [2.45, 2.75) is 35.4 Å². The van der Waals surface area contributed by atoms with E-state index in [1.807, 2.05) is 6.07 Å². The highest BCUT2D eigenvalue weighted by Crippen LogP contribution is 2.52. The molecule has 1 aromatic heterocycles. The SMILES string of the molecule is COC1Cn2c(=O)nc(N3CCNC[C@@H]3C)c3cc(Cl)cc(c32)[SH](c2ccc(F)cc2F)C1. The van der Waals surface area contributed by atoms with Crippen molar-refractivity contribution in [3.05, 3.63) is 57.5 Å². The maximum atomic E-state index is 15.0. The Kier molecular flexibility index (Phi) is 6.07. The third kappa shape index (κ3) is 4.01. The highest BCUT2D eigenvalue weighted by molar-refractivity contribution is 8.17. The van der Waals surface area contributed by atoms with Gasteiger partial charge in [0.1, 0.15) is 17.5 Å². The summed E-state index contributed by atoms with van der Waals surface area (Å²) >= 11 is 6.59. The summed E-state index contributed by atoms with van der Waals surface area (Å²) in [7, 11) is 0.262. The van der Waals surface area contributed by atoms with Crippen LogP contribution in [0.4, 0.5) is 14.6 Å². The van der Waals surface area contributed by atoms with Gasteiger partial charge in [-0.2, -0.15) is 15.9 Å². The van der Waals surface area contributed by atoms with E-state index in [9.17, 15) is 13.6 Å². The first-order chi connectivity index (χ1) is 15.9. The van der Waals surface area contributed by atoms with Crippen molar-refractivity contribution < 1.29 is 13.5 Å². The van der Waals surface area contributed by atoms with Crippen LogP contribution in [0.25, 0.3) is 10.9 Å². The summed E-state index contributed by atoms with van der Waals surface area (Å²) in [4.78, 5) is 21.1. The number of piperazine rings is 1. The van der Waals surface area contributed by atoms with Crippen molar-refractivity contribution >= 4 is 39.2 Å². The first kappa shape index (κ1) is 22.6. The Bertz CT molecular complexity index is 1290. The van der Waals surface area contributed by atoms with Crippen LogP contribution in [-0.2, 0) is 11.3 Å². The fourth-order valence-corrected chi connectivity index (χ4v) is 7.72. The number of ether oxygens (including phenoxy) is 1. The van der Waals surface area contributed by atoms with Gasteiger partial charge >= 0.3 is 5.69 Å². The molecule has 0 amide bonds. The van der Waals surface area contributed by atoms with E-state index in [0.29, 0.717) is 40.1 Å². The molecule has 2 aliphatic rings. The van der Waals surface area contributed by atoms with Gasteiger partial charge < -0.3 is 15.0 Å². The molecule has 1 fully saturated rings. The van der Waals surface area contributed by atoms with E-state index in [0.717, 1.165) is 29.4 Å². The average molecular weight is 495 g/mol. The highest BCUT2D eigenvalue weighted by Gasteiger charge is 2.31. The lowest BCUT2D eigenvalue weighted by Crippen LogP contribution is -2.51. The van der Waals surface area contributed by atoms with Crippen LogP contribution in [-0.4, -0.2) is 54.2 Å². The number of hydrogen-bond acceptors (Lipinski definition) is 5. The van der Waals surface area contributed by atoms with Crippen LogP contribution in [0.5, 0.6) is 0 Å². The number of nitrogens with one attached hydrogen (secondary N) is 1. The fourth-order valence-electron chi connectivity index (χ4n) is 4.74. The molecule has 0 saturated carbocycles. The Balaban J connectivity index is 1.82. The van der Waals surface area contributed by atoms with Gasteiger partial charge in [-0.1, -0.05) is 11.6 Å². The van der Waals surface area contributed by atoms with E-state index in [1.165, 1.54) is 12.1 Å². The first-order valence-corrected chi connectivity index (χ1v) is 12.7. The topological polar surface area (TPSA) is 59.4 Å². The Morgan fingerprint density at radius 1 is 1.24 bits per heavy atom. The maximum Gasteiger partial charge on any atom is 0.350 e. The lowest BCUT2D eigenvalue weighted by Gasteiger charge is -2.35. The predicted octanol–water partition coefficient (Wildman–Crippen LogP) is 3.57. The van der Waals surface area contributed by atoms with Crippen LogP contribution in [0.2, 0.25) is 5.02 Å². The summed E-state index contributed by atoms with van der Waals surface area (Å²) in [6, 6.07) is 7.43. The molecule has 10 heteroatoms. The Morgan fingerprint density at radius 2 is 2.06 bits per heavy atom. The van der Waals surface area contributed by atoms with Crippen LogP contribution in [0, 0.1) is 11.6 Å². The summed E-state index contributed by atoms with van der Waals surface area (Å²) in [6.07, 6.45) is -0.335. The summed E-state index contributed by atoms with van der Waals surface area (Å²) in [5, 5.41) is 4.60. The van der Waals surface area contributed by atoms with E-state index in [-0.39, 0.29) is 17.8 Å². The largest absolute Gasteiger partial charge is 0.379 e.